The fourth-order valence-corrected chi connectivity index (χ4v) is 2.01. The molecule has 0 bridgehead atoms. The van der Waals surface area contributed by atoms with Gasteiger partial charge in [0.2, 0.25) is 5.95 Å². The van der Waals surface area contributed by atoms with Crippen molar-refractivity contribution in [1.29, 1.82) is 0 Å². The van der Waals surface area contributed by atoms with Crippen LogP contribution in [0.3, 0.4) is 0 Å². The molecule has 0 atom stereocenters. The summed E-state index contributed by atoms with van der Waals surface area (Å²) < 4.78 is 0. The molecule has 0 radical (unpaired) electrons. The Balaban J connectivity index is 2.13. The molecule has 19 heavy (non-hydrogen) atoms. The standard InChI is InChI=1S/C15H20N4/c1-4-19(3)14-8-5-7-13(12(14)2)11-18-15-16-9-6-10-17-15/h5-10H,4,11H2,1-3H3,(H,16,17,18). The van der Waals surface area contributed by atoms with Crippen molar-refractivity contribution in [2.75, 3.05) is 23.8 Å². The topological polar surface area (TPSA) is 41.0 Å². The number of aromatic nitrogens is 2. The van der Waals surface area contributed by atoms with E-state index in [1.165, 1.54) is 16.8 Å². The zero-order valence-electron chi connectivity index (χ0n) is 11.7. The van der Waals surface area contributed by atoms with Crippen LogP contribution in [-0.2, 0) is 6.54 Å². The molecule has 1 N–H and O–H groups in total. The molecule has 0 spiro atoms. The highest BCUT2D eigenvalue weighted by Crippen LogP contribution is 2.22. The molecule has 0 unspecified atom stereocenters. The van der Waals surface area contributed by atoms with Crippen LogP contribution >= 0.6 is 0 Å². The van der Waals surface area contributed by atoms with Crippen molar-refractivity contribution in [2.45, 2.75) is 20.4 Å². The molecule has 0 aliphatic rings. The second-order valence-corrected chi connectivity index (χ2v) is 4.50. The summed E-state index contributed by atoms with van der Waals surface area (Å²) in [5.74, 6) is 0.663. The fraction of sp³-hybridized carbons (Fsp3) is 0.333. The van der Waals surface area contributed by atoms with E-state index in [2.05, 4.69) is 59.3 Å². The molecule has 2 aromatic rings. The highest BCUT2D eigenvalue weighted by atomic mass is 15.1. The summed E-state index contributed by atoms with van der Waals surface area (Å²) >= 11 is 0. The number of hydrogen-bond acceptors (Lipinski definition) is 4. The van der Waals surface area contributed by atoms with Crippen LogP contribution in [0.5, 0.6) is 0 Å². The molecule has 1 heterocycles. The molecule has 1 aromatic heterocycles. The van der Waals surface area contributed by atoms with Gasteiger partial charge in [-0.15, -0.1) is 0 Å². The van der Waals surface area contributed by atoms with Crippen LogP contribution in [0.1, 0.15) is 18.1 Å². The van der Waals surface area contributed by atoms with Crippen LogP contribution in [0.2, 0.25) is 0 Å². The quantitative estimate of drug-likeness (QED) is 0.893. The third kappa shape index (κ3) is 3.22. The highest BCUT2D eigenvalue weighted by molar-refractivity contribution is 5.56. The summed E-state index contributed by atoms with van der Waals surface area (Å²) in [6.07, 6.45) is 3.48. The van der Waals surface area contributed by atoms with Crippen molar-refractivity contribution in [2.24, 2.45) is 0 Å². The Morgan fingerprint density at radius 3 is 2.58 bits per heavy atom. The SMILES string of the molecule is CCN(C)c1cccc(CNc2ncccn2)c1C. The second kappa shape index (κ2) is 6.18. The van der Waals surface area contributed by atoms with Gasteiger partial charge in [-0.2, -0.15) is 0 Å². The Labute approximate surface area is 114 Å². The van der Waals surface area contributed by atoms with Gasteiger partial charge in [0.05, 0.1) is 0 Å². The summed E-state index contributed by atoms with van der Waals surface area (Å²) in [6.45, 7) is 6.05. The minimum absolute atomic E-state index is 0.663. The van der Waals surface area contributed by atoms with Crippen molar-refractivity contribution >= 4 is 11.6 Å². The predicted molar refractivity (Wildman–Crippen MR) is 79.5 cm³/mol. The molecule has 1 aromatic carbocycles. The summed E-state index contributed by atoms with van der Waals surface area (Å²) in [7, 11) is 2.11. The zero-order chi connectivity index (χ0) is 13.7. The van der Waals surface area contributed by atoms with E-state index in [-0.39, 0.29) is 0 Å². The number of nitrogens with zero attached hydrogens (tertiary/aromatic N) is 3. The van der Waals surface area contributed by atoms with Gasteiger partial charge in [0.25, 0.3) is 0 Å². The van der Waals surface area contributed by atoms with E-state index >= 15 is 0 Å². The largest absolute Gasteiger partial charge is 0.375 e. The number of benzene rings is 1. The molecule has 4 heteroatoms. The average Bonchev–Trinajstić information content (AvgIpc) is 2.46. The van der Waals surface area contributed by atoms with Crippen LogP contribution in [0.25, 0.3) is 0 Å². The highest BCUT2D eigenvalue weighted by Gasteiger charge is 2.07. The normalized spacial score (nSPS) is 10.3. The first kappa shape index (κ1) is 13.3. The van der Waals surface area contributed by atoms with Crippen molar-refractivity contribution < 1.29 is 0 Å². The van der Waals surface area contributed by atoms with E-state index in [4.69, 9.17) is 0 Å². The van der Waals surface area contributed by atoms with Crippen LogP contribution in [0.15, 0.2) is 36.7 Å². The Morgan fingerprint density at radius 1 is 1.16 bits per heavy atom. The summed E-state index contributed by atoms with van der Waals surface area (Å²) in [4.78, 5) is 10.6. The van der Waals surface area contributed by atoms with E-state index in [1.807, 2.05) is 6.07 Å². The van der Waals surface area contributed by atoms with Gasteiger partial charge in [-0.1, -0.05) is 12.1 Å². The molecule has 2 rings (SSSR count). The van der Waals surface area contributed by atoms with Gasteiger partial charge in [0.15, 0.2) is 0 Å². The van der Waals surface area contributed by atoms with Crippen molar-refractivity contribution in [3.63, 3.8) is 0 Å². The first-order valence-corrected chi connectivity index (χ1v) is 6.53. The van der Waals surface area contributed by atoms with Gasteiger partial charge >= 0.3 is 0 Å². The molecule has 0 saturated carbocycles. The van der Waals surface area contributed by atoms with Gasteiger partial charge in [-0.05, 0) is 37.1 Å². The minimum atomic E-state index is 0.663. The van der Waals surface area contributed by atoms with Crippen molar-refractivity contribution in [1.82, 2.24) is 9.97 Å². The molecule has 0 aliphatic carbocycles. The molecular formula is C15H20N4. The van der Waals surface area contributed by atoms with Gasteiger partial charge in [0.1, 0.15) is 0 Å². The zero-order valence-corrected chi connectivity index (χ0v) is 11.7. The number of rotatable bonds is 5. The Hall–Kier alpha value is -2.10. The van der Waals surface area contributed by atoms with Gasteiger partial charge in [0, 0.05) is 38.2 Å². The maximum absolute atomic E-state index is 4.16. The Kier molecular flexibility index (Phi) is 4.34. The lowest BCUT2D eigenvalue weighted by molar-refractivity contribution is 0.952. The fourth-order valence-electron chi connectivity index (χ4n) is 2.01. The van der Waals surface area contributed by atoms with Crippen LogP contribution < -0.4 is 10.2 Å². The average molecular weight is 256 g/mol. The number of hydrogen-bond donors (Lipinski definition) is 1. The third-order valence-corrected chi connectivity index (χ3v) is 3.31. The summed E-state index contributed by atoms with van der Waals surface area (Å²) in [5.41, 5.74) is 3.84. The van der Waals surface area contributed by atoms with E-state index in [0.29, 0.717) is 5.95 Å². The first-order valence-electron chi connectivity index (χ1n) is 6.53. The van der Waals surface area contributed by atoms with E-state index < -0.39 is 0 Å². The van der Waals surface area contributed by atoms with E-state index in [0.717, 1.165) is 13.1 Å². The molecular weight excluding hydrogens is 236 g/mol. The molecule has 0 fully saturated rings. The van der Waals surface area contributed by atoms with Crippen molar-refractivity contribution in [3.8, 4) is 0 Å². The number of nitrogens with one attached hydrogen (secondary N) is 1. The third-order valence-electron chi connectivity index (χ3n) is 3.31. The molecule has 0 saturated heterocycles. The van der Waals surface area contributed by atoms with E-state index in [1.54, 1.807) is 12.4 Å². The van der Waals surface area contributed by atoms with Gasteiger partial charge in [-0.25, -0.2) is 9.97 Å². The maximum atomic E-state index is 4.16. The van der Waals surface area contributed by atoms with Gasteiger partial charge < -0.3 is 10.2 Å². The summed E-state index contributed by atoms with van der Waals surface area (Å²) in [6, 6.07) is 8.20. The Bertz CT molecular complexity index is 525. The predicted octanol–water partition coefficient (Wildman–Crippen LogP) is 2.85. The monoisotopic (exact) mass is 256 g/mol. The van der Waals surface area contributed by atoms with E-state index in [9.17, 15) is 0 Å². The lowest BCUT2D eigenvalue weighted by atomic mass is 10.1. The number of anilines is 2. The second-order valence-electron chi connectivity index (χ2n) is 4.50. The smallest absolute Gasteiger partial charge is 0.222 e. The van der Waals surface area contributed by atoms with Crippen LogP contribution in [0, 0.1) is 6.92 Å². The maximum Gasteiger partial charge on any atom is 0.222 e. The lowest BCUT2D eigenvalue weighted by Crippen LogP contribution is -2.17. The van der Waals surface area contributed by atoms with Crippen LogP contribution in [-0.4, -0.2) is 23.6 Å². The molecule has 4 nitrogen and oxygen atoms in total. The first-order chi connectivity index (χ1) is 9.22. The minimum Gasteiger partial charge on any atom is -0.375 e. The Morgan fingerprint density at radius 2 is 1.89 bits per heavy atom. The molecule has 0 amide bonds. The molecule has 100 valence electrons. The molecule has 0 aliphatic heterocycles. The van der Waals surface area contributed by atoms with Crippen molar-refractivity contribution in [3.05, 3.63) is 47.8 Å². The van der Waals surface area contributed by atoms with Crippen LogP contribution in [0.4, 0.5) is 11.6 Å². The van der Waals surface area contributed by atoms with Gasteiger partial charge in [-0.3, -0.25) is 0 Å². The lowest BCUT2D eigenvalue weighted by Gasteiger charge is -2.21. The summed E-state index contributed by atoms with van der Waals surface area (Å²) in [5, 5.41) is 3.25.